The Bertz CT molecular complexity index is 728. The van der Waals surface area contributed by atoms with Crippen LogP contribution in [0.15, 0.2) is 6.33 Å². The average molecular weight is 333 g/mol. The molecule has 4 N–H and O–H groups in total. The van der Waals surface area contributed by atoms with E-state index in [0.29, 0.717) is 29.9 Å². The van der Waals surface area contributed by atoms with Gasteiger partial charge in [0.15, 0.2) is 11.2 Å². The Balaban J connectivity index is 1.67. The summed E-state index contributed by atoms with van der Waals surface area (Å²) in [5.41, 5.74) is 7.11. The number of fused-ring (bicyclic) bond motifs is 1. The zero-order valence-electron chi connectivity index (χ0n) is 13.5. The molecule has 0 spiro atoms. The van der Waals surface area contributed by atoms with Crippen LogP contribution in [0.4, 0.5) is 5.95 Å². The summed E-state index contributed by atoms with van der Waals surface area (Å²) < 4.78 is 7.94. The van der Waals surface area contributed by atoms with E-state index in [-0.39, 0.29) is 30.6 Å². The van der Waals surface area contributed by atoms with E-state index in [1.54, 1.807) is 6.33 Å². The molecule has 0 radical (unpaired) electrons. The first-order chi connectivity index (χ1) is 11.7. The molecule has 0 amide bonds. The van der Waals surface area contributed by atoms with Crippen molar-refractivity contribution in [2.45, 2.75) is 56.8 Å². The number of anilines is 1. The Morgan fingerprint density at radius 3 is 2.75 bits per heavy atom. The molecule has 3 atom stereocenters. The maximum absolute atomic E-state index is 10.1. The molecule has 4 rings (SSSR count). The fraction of sp³-hybridized carbons (Fsp3) is 0.688. The summed E-state index contributed by atoms with van der Waals surface area (Å²) >= 11 is 0. The molecule has 2 fully saturated rings. The first-order valence-corrected chi connectivity index (χ1v) is 8.61. The first kappa shape index (κ1) is 15.6. The number of ether oxygens (including phenoxy) is 1. The highest BCUT2D eigenvalue weighted by Crippen LogP contribution is 2.37. The van der Waals surface area contributed by atoms with E-state index in [0.717, 1.165) is 12.8 Å². The molecule has 8 heteroatoms. The lowest BCUT2D eigenvalue weighted by Gasteiger charge is -2.14. The van der Waals surface area contributed by atoms with Gasteiger partial charge in [-0.1, -0.05) is 0 Å². The van der Waals surface area contributed by atoms with Crippen LogP contribution < -0.4 is 10.5 Å². The minimum atomic E-state index is -0.508. The zero-order chi connectivity index (χ0) is 16.7. The predicted molar refractivity (Wildman–Crippen MR) is 87.5 cm³/mol. The van der Waals surface area contributed by atoms with Gasteiger partial charge in [0, 0.05) is 18.6 Å². The van der Waals surface area contributed by atoms with Gasteiger partial charge in [-0.15, -0.1) is 0 Å². The summed E-state index contributed by atoms with van der Waals surface area (Å²) in [7, 11) is 0. The van der Waals surface area contributed by atoms with Crippen LogP contribution in [0.25, 0.3) is 11.2 Å². The van der Waals surface area contributed by atoms with Gasteiger partial charge in [0.25, 0.3) is 0 Å². The van der Waals surface area contributed by atoms with Gasteiger partial charge >= 0.3 is 0 Å². The number of nitrogens with zero attached hydrogens (tertiary/aromatic N) is 4. The summed E-state index contributed by atoms with van der Waals surface area (Å²) in [4.78, 5) is 13.0. The normalized spacial score (nSPS) is 28.0. The van der Waals surface area contributed by atoms with Crippen LogP contribution in [0.2, 0.25) is 0 Å². The van der Waals surface area contributed by atoms with Gasteiger partial charge in [-0.05, 0) is 38.5 Å². The van der Waals surface area contributed by atoms with Gasteiger partial charge in [0.2, 0.25) is 11.8 Å². The standard InChI is InChI=1S/C16H23N5O3/c17-16-19-14-13(15(20-16)24-11-3-1-2-4-11)18-8-21(14)10-5-9(7-22)12(23)6-10/h8-12,22-23H,1-7H2,(H2,17,19,20)/t9-,10-,12+/m1/s1. The lowest BCUT2D eigenvalue weighted by Crippen LogP contribution is -2.16. The second kappa shape index (κ2) is 6.18. The number of aromatic nitrogens is 4. The van der Waals surface area contributed by atoms with Crippen molar-refractivity contribution in [3.05, 3.63) is 6.33 Å². The van der Waals surface area contributed by atoms with Gasteiger partial charge in [-0.2, -0.15) is 9.97 Å². The Labute approximate surface area is 139 Å². The van der Waals surface area contributed by atoms with Crippen LogP contribution in [0.3, 0.4) is 0 Å². The van der Waals surface area contributed by atoms with Gasteiger partial charge < -0.3 is 25.3 Å². The first-order valence-electron chi connectivity index (χ1n) is 8.61. The van der Waals surface area contributed by atoms with E-state index in [2.05, 4.69) is 15.0 Å². The van der Waals surface area contributed by atoms with Crippen LogP contribution in [0.5, 0.6) is 5.88 Å². The monoisotopic (exact) mass is 333 g/mol. The van der Waals surface area contributed by atoms with E-state index < -0.39 is 6.10 Å². The van der Waals surface area contributed by atoms with Gasteiger partial charge in [-0.3, -0.25) is 0 Å². The highest BCUT2D eigenvalue weighted by Gasteiger charge is 2.34. The van der Waals surface area contributed by atoms with Gasteiger partial charge in [-0.25, -0.2) is 4.98 Å². The third-order valence-electron chi connectivity index (χ3n) is 5.25. The van der Waals surface area contributed by atoms with Crippen LogP contribution in [0, 0.1) is 5.92 Å². The lowest BCUT2D eigenvalue weighted by atomic mass is 10.1. The molecule has 0 bridgehead atoms. The molecule has 2 saturated carbocycles. The molecule has 8 nitrogen and oxygen atoms in total. The van der Waals surface area contributed by atoms with Gasteiger partial charge in [0.05, 0.1) is 12.4 Å². The quantitative estimate of drug-likeness (QED) is 0.764. The van der Waals surface area contributed by atoms with Crippen molar-refractivity contribution in [2.24, 2.45) is 5.92 Å². The minimum absolute atomic E-state index is 0.0164. The van der Waals surface area contributed by atoms with E-state index in [9.17, 15) is 10.2 Å². The van der Waals surface area contributed by atoms with Crippen molar-refractivity contribution in [2.75, 3.05) is 12.3 Å². The van der Waals surface area contributed by atoms with Crippen molar-refractivity contribution in [3.8, 4) is 5.88 Å². The lowest BCUT2D eigenvalue weighted by molar-refractivity contribution is 0.0906. The number of nitrogen functional groups attached to an aromatic ring is 1. The highest BCUT2D eigenvalue weighted by atomic mass is 16.5. The molecule has 2 aromatic heterocycles. The third-order valence-corrected chi connectivity index (χ3v) is 5.25. The Hall–Kier alpha value is -1.93. The van der Waals surface area contributed by atoms with E-state index in [1.807, 2.05) is 4.57 Å². The largest absolute Gasteiger partial charge is 0.473 e. The molecule has 24 heavy (non-hydrogen) atoms. The highest BCUT2D eigenvalue weighted by molar-refractivity contribution is 5.77. The number of aliphatic hydroxyl groups is 2. The summed E-state index contributed by atoms with van der Waals surface area (Å²) in [5, 5.41) is 19.4. The number of hydrogen-bond acceptors (Lipinski definition) is 7. The summed E-state index contributed by atoms with van der Waals surface area (Å²) in [6.45, 7) is -0.0164. The molecule has 0 unspecified atom stereocenters. The summed E-state index contributed by atoms with van der Waals surface area (Å²) in [5.74, 6) is 0.496. The Morgan fingerprint density at radius 1 is 1.25 bits per heavy atom. The SMILES string of the molecule is Nc1nc(OC2CCCC2)c2ncn([C@@H]3C[C@H](CO)[C@@H](O)C3)c2n1. The van der Waals surface area contributed by atoms with E-state index in [1.165, 1.54) is 12.8 Å². The number of hydrogen-bond donors (Lipinski definition) is 3. The fourth-order valence-corrected chi connectivity index (χ4v) is 3.92. The van der Waals surface area contributed by atoms with E-state index >= 15 is 0 Å². The molecule has 130 valence electrons. The van der Waals surface area contributed by atoms with Crippen LogP contribution in [-0.4, -0.2) is 48.5 Å². The van der Waals surface area contributed by atoms with Crippen molar-refractivity contribution in [3.63, 3.8) is 0 Å². The van der Waals surface area contributed by atoms with E-state index in [4.69, 9.17) is 10.5 Å². The second-order valence-electron chi connectivity index (χ2n) is 6.87. The third kappa shape index (κ3) is 2.69. The zero-order valence-corrected chi connectivity index (χ0v) is 13.5. The Morgan fingerprint density at radius 2 is 2.04 bits per heavy atom. The summed E-state index contributed by atoms with van der Waals surface area (Å²) in [6, 6.07) is 0.0378. The van der Waals surface area contributed by atoms with Crippen LogP contribution in [-0.2, 0) is 0 Å². The molecule has 0 aromatic carbocycles. The fourth-order valence-electron chi connectivity index (χ4n) is 3.92. The van der Waals surface area contributed by atoms with Crippen molar-refractivity contribution in [1.29, 1.82) is 0 Å². The molecule has 2 aromatic rings. The van der Waals surface area contributed by atoms with Crippen LogP contribution in [0.1, 0.15) is 44.6 Å². The van der Waals surface area contributed by atoms with Crippen LogP contribution >= 0.6 is 0 Å². The maximum atomic E-state index is 10.1. The van der Waals surface area contributed by atoms with Crippen molar-refractivity contribution in [1.82, 2.24) is 19.5 Å². The smallest absolute Gasteiger partial charge is 0.247 e. The average Bonchev–Trinajstić information content (AvgIpc) is 3.26. The minimum Gasteiger partial charge on any atom is -0.473 e. The van der Waals surface area contributed by atoms with Crippen molar-refractivity contribution < 1.29 is 14.9 Å². The molecular formula is C16H23N5O3. The second-order valence-corrected chi connectivity index (χ2v) is 6.87. The molecule has 2 aliphatic carbocycles. The number of imidazole rings is 1. The Kier molecular flexibility index (Phi) is 4.01. The molecule has 2 heterocycles. The van der Waals surface area contributed by atoms with Gasteiger partial charge in [0.1, 0.15) is 6.10 Å². The predicted octanol–water partition coefficient (Wildman–Crippen LogP) is 1.03. The number of rotatable bonds is 4. The maximum Gasteiger partial charge on any atom is 0.247 e. The molecule has 0 aliphatic heterocycles. The molecule has 2 aliphatic rings. The summed E-state index contributed by atoms with van der Waals surface area (Å²) in [6.07, 6.45) is 7.02. The molecule has 0 saturated heterocycles. The topological polar surface area (TPSA) is 119 Å². The molecular weight excluding hydrogens is 310 g/mol. The number of nitrogens with two attached hydrogens (primary N) is 1. The van der Waals surface area contributed by atoms with Crippen molar-refractivity contribution >= 4 is 17.1 Å². The number of aliphatic hydroxyl groups excluding tert-OH is 2.